The zero-order valence-electron chi connectivity index (χ0n) is 12.1. The van der Waals surface area contributed by atoms with Crippen molar-refractivity contribution < 1.29 is 4.79 Å². The summed E-state index contributed by atoms with van der Waals surface area (Å²) in [6.07, 6.45) is 12.7. The molecule has 3 aliphatic rings. The van der Waals surface area contributed by atoms with Crippen LogP contribution in [0.2, 0.25) is 0 Å². The van der Waals surface area contributed by atoms with Gasteiger partial charge in [-0.1, -0.05) is 25.7 Å². The van der Waals surface area contributed by atoms with Crippen molar-refractivity contribution in [1.82, 2.24) is 10.2 Å². The Hall–Kier alpha value is -0.570. The van der Waals surface area contributed by atoms with Crippen LogP contribution in [0.1, 0.15) is 64.2 Å². The van der Waals surface area contributed by atoms with E-state index in [1.54, 1.807) is 0 Å². The third-order valence-electron chi connectivity index (χ3n) is 5.38. The van der Waals surface area contributed by atoms with Crippen LogP contribution in [0.3, 0.4) is 0 Å². The van der Waals surface area contributed by atoms with Crippen LogP contribution in [0, 0.1) is 5.92 Å². The molecule has 1 aliphatic carbocycles. The lowest BCUT2D eigenvalue weighted by Crippen LogP contribution is -2.55. The molecule has 19 heavy (non-hydrogen) atoms. The maximum Gasteiger partial charge on any atom is 0.239 e. The number of nitrogens with one attached hydrogen (secondary N) is 1. The third-order valence-corrected chi connectivity index (χ3v) is 5.38. The van der Waals surface area contributed by atoms with Crippen LogP contribution in [-0.4, -0.2) is 36.0 Å². The summed E-state index contributed by atoms with van der Waals surface area (Å²) in [7, 11) is 0. The summed E-state index contributed by atoms with van der Waals surface area (Å²) in [6, 6.07) is 0.684. The Morgan fingerprint density at radius 2 is 1.68 bits per heavy atom. The second-order valence-corrected chi connectivity index (χ2v) is 6.64. The summed E-state index contributed by atoms with van der Waals surface area (Å²) in [5.74, 6) is 1.22. The zero-order valence-corrected chi connectivity index (χ0v) is 12.1. The van der Waals surface area contributed by atoms with E-state index in [1.807, 2.05) is 0 Å². The second kappa shape index (κ2) is 6.25. The fraction of sp³-hybridized carbons (Fsp3) is 0.938. The molecule has 0 aromatic carbocycles. The van der Waals surface area contributed by atoms with Gasteiger partial charge < -0.3 is 10.2 Å². The van der Waals surface area contributed by atoms with Crippen LogP contribution < -0.4 is 5.32 Å². The quantitative estimate of drug-likeness (QED) is 0.790. The van der Waals surface area contributed by atoms with E-state index in [4.69, 9.17) is 0 Å². The van der Waals surface area contributed by atoms with Gasteiger partial charge in [0, 0.05) is 12.6 Å². The highest BCUT2D eigenvalue weighted by molar-refractivity contribution is 5.82. The fourth-order valence-electron chi connectivity index (χ4n) is 4.34. The number of amides is 1. The van der Waals surface area contributed by atoms with Crippen molar-refractivity contribution in [2.75, 3.05) is 13.1 Å². The predicted octanol–water partition coefficient (Wildman–Crippen LogP) is 2.70. The Labute approximate surface area is 117 Å². The summed E-state index contributed by atoms with van der Waals surface area (Å²) in [5.41, 5.74) is 0. The van der Waals surface area contributed by atoms with Crippen LogP contribution in [0.4, 0.5) is 0 Å². The smallest absolute Gasteiger partial charge is 0.239 e. The van der Waals surface area contributed by atoms with Crippen LogP contribution in [0.5, 0.6) is 0 Å². The number of rotatable bonds is 1. The molecule has 0 spiro atoms. The van der Waals surface area contributed by atoms with Crippen molar-refractivity contribution in [2.45, 2.75) is 76.3 Å². The van der Waals surface area contributed by atoms with Crippen molar-refractivity contribution >= 4 is 5.91 Å². The minimum absolute atomic E-state index is 0.114. The molecule has 0 aromatic rings. The molecule has 3 nitrogen and oxygen atoms in total. The molecule has 108 valence electrons. The first-order valence-corrected chi connectivity index (χ1v) is 8.40. The van der Waals surface area contributed by atoms with Gasteiger partial charge in [0.1, 0.15) is 0 Å². The van der Waals surface area contributed by atoms with Gasteiger partial charge in [-0.3, -0.25) is 4.79 Å². The normalized spacial score (nSPS) is 36.4. The fourth-order valence-corrected chi connectivity index (χ4v) is 4.34. The van der Waals surface area contributed by atoms with Crippen molar-refractivity contribution in [2.24, 2.45) is 5.92 Å². The van der Waals surface area contributed by atoms with Crippen LogP contribution in [0.15, 0.2) is 0 Å². The third kappa shape index (κ3) is 2.96. The van der Waals surface area contributed by atoms with Gasteiger partial charge in [-0.25, -0.2) is 0 Å². The van der Waals surface area contributed by atoms with Crippen LogP contribution in [0.25, 0.3) is 0 Å². The largest absolute Gasteiger partial charge is 0.338 e. The minimum atomic E-state index is 0.114. The molecule has 1 amide bonds. The van der Waals surface area contributed by atoms with Gasteiger partial charge in [-0.05, 0) is 51.0 Å². The lowest BCUT2D eigenvalue weighted by atomic mass is 9.78. The van der Waals surface area contributed by atoms with E-state index in [2.05, 4.69) is 10.2 Å². The van der Waals surface area contributed by atoms with Gasteiger partial charge in [-0.2, -0.15) is 0 Å². The minimum Gasteiger partial charge on any atom is -0.338 e. The van der Waals surface area contributed by atoms with E-state index in [0.29, 0.717) is 11.9 Å². The molecule has 1 N–H and O–H groups in total. The van der Waals surface area contributed by atoms with Crippen molar-refractivity contribution in [3.8, 4) is 0 Å². The molecule has 3 unspecified atom stereocenters. The predicted molar refractivity (Wildman–Crippen MR) is 77.0 cm³/mol. The summed E-state index contributed by atoms with van der Waals surface area (Å²) >= 11 is 0. The van der Waals surface area contributed by atoms with Crippen molar-refractivity contribution in [3.63, 3.8) is 0 Å². The lowest BCUT2D eigenvalue weighted by molar-refractivity contribution is -0.140. The van der Waals surface area contributed by atoms with E-state index >= 15 is 0 Å². The molecule has 3 fully saturated rings. The molecule has 0 aromatic heterocycles. The number of carbonyl (C=O) groups is 1. The average Bonchev–Trinajstić information content (AvgIpc) is 2.75. The van der Waals surface area contributed by atoms with E-state index in [-0.39, 0.29) is 6.04 Å². The van der Waals surface area contributed by atoms with Crippen molar-refractivity contribution in [1.29, 1.82) is 0 Å². The Kier molecular flexibility index (Phi) is 4.42. The highest BCUT2D eigenvalue weighted by Crippen LogP contribution is 2.35. The lowest BCUT2D eigenvalue weighted by Gasteiger charge is -2.45. The molecule has 2 heterocycles. The van der Waals surface area contributed by atoms with Gasteiger partial charge in [0.25, 0.3) is 0 Å². The Balaban J connectivity index is 1.66. The number of nitrogens with zero attached hydrogens (tertiary/aromatic N) is 1. The number of fused-ring (bicyclic) bond motifs is 1. The van der Waals surface area contributed by atoms with Crippen molar-refractivity contribution in [3.05, 3.63) is 0 Å². The maximum absolute atomic E-state index is 12.8. The first-order valence-electron chi connectivity index (χ1n) is 8.40. The van der Waals surface area contributed by atoms with Gasteiger partial charge in [-0.15, -0.1) is 0 Å². The molecule has 1 saturated carbocycles. The number of hydrogen-bond acceptors (Lipinski definition) is 2. The van der Waals surface area contributed by atoms with E-state index in [0.717, 1.165) is 25.4 Å². The number of hydrogen-bond donors (Lipinski definition) is 1. The molecule has 3 heteroatoms. The topological polar surface area (TPSA) is 32.3 Å². The van der Waals surface area contributed by atoms with Crippen LogP contribution >= 0.6 is 0 Å². The molecule has 0 bridgehead atoms. The average molecular weight is 264 g/mol. The molecular formula is C16H28N2O. The maximum atomic E-state index is 12.8. The van der Waals surface area contributed by atoms with E-state index < -0.39 is 0 Å². The Morgan fingerprint density at radius 1 is 0.895 bits per heavy atom. The van der Waals surface area contributed by atoms with E-state index in [9.17, 15) is 4.79 Å². The summed E-state index contributed by atoms with van der Waals surface area (Å²) in [5, 5.41) is 3.48. The summed E-state index contributed by atoms with van der Waals surface area (Å²) in [6.45, 7) is 2.04. The number of piperidine rings is 1. The molecule has 0 radical (unpaired) electrons. The van der Waals surface area contributed by atoms with Gasteiger partial charge in [0.05, 0.1) is 6.04 Å². The number of likely N-dealkylation sites (tertiary alicyclic amines) is 1. The summed E-state index contributed by atoms with van der Waals surface area (Å²) < 4.78 is 0. The molecule has 3 atom stereocenters. The van der Waals surface area contributed by atoms with Gasteiger partial charge in [0.15, 0.2) is 0 Å². The Bertz CT molecular complexity index is 308. The molecule has 2 aliphatic heterocycles. The molecular weight excluding hydrogens is 236 g/mol. The zero-order chi connectivity index (χ0) is 13.1. The number of carbonyl (C=O) groups excluding carboxylic acids is 1. The van der Waals surface area contributed by atoms with Gasteiger partial charge in [0.2, 0.25) is 5.91 Å². The second-order valence-electron chi connectivity index (χ2n) is 6.64. The standard InChI is InChI=1S/C16H28N2O/c19-16(14-9-2-1-5-11-17-14)18-12-6-8-13-7-3-4-10-15(13)18/h13-15,17H,1-12H2. The highest BCUT2D eigenvalue weighted by atomic mass is 16.2. The molecule has 3 rings (SSSR count). The van der Waals surface area contributed by atoms with Crippen LogP contribution in [-0.2, 0) is 4.79 Å². The Morgan fingerprint density at radius 3 is 2.63 bits per heavy atom. The highest BCUT2D eigenvalue weighted by Gasteiger charge is 2.37. The van der Waals surface area contributed by atoms with Gasteiger partial charge >= 0.3 is 0 Å². The summed E-state index contributed by atoms with van der Waals surface area (Å²) in [4.78, 5) is 15.1. The SMILES string of the molecule is O=C(C1CCCCCN1)N1CCCC2CCCCC21. The molecule has 2 saturated heterocycles. The first kappa shape index (κ1) is 13.4. The van der Waals surface area contributed by atoms with E-state index in [1.165, 1.54) is 57.8 Å². The monoisotopic (exact) mass is 264 g/mol. The first-order chi connectivity index (χ1) is 9.36.